The number of ether oxygens (including phenoxy) is 3. The van der Waals surface area contributed by atoms with Crippen LogP contribution in [0.4, 0.5) is 21.0 Å². The molecule has 0 radical (unpaired) electrons. The Hall–Kier alpha value is -9.01. The van der Waals surface area contributed by atoms with Crippen molar-refractivity contribution in [2.45, 2.75) is 77.5 Å². The summed E-state index contributed by atoms with van der Waals surface area (Å²) in [5.41, 5.74) is 9.65. The van der Waals surface area contributed by atoms with Gasteiger partial charge in [0.15, 0.2) is 5.76 Å². The molecule has 2 aromatic heterocycles. The first kappa shape index (κ1) is 67.5. The number of carbonyl (C=O) groups is 10. The number of aryl methyl sites for hydroxylation is 1. The van der Waals surface area contributed by atoms with Gasteiger partial charge in [0.1, 0.15) is 30.6 Å². The number of fused-ring (bicyclic) bond motifs is 4. The molecule has 1 unspecified atom stereocenters. The topological polar surface area (TPSA) is 330 Å². The monoisotopic (exact) mass is 1250 g/mol. The van der Waals surface area contributed by atoms with Crippen molar-refractivity contribution in [3.63, 3.8) is 0 Å². The molecule has 478 valence electrons. The number of aromatic nitrogens is 1. The summed E-state index contributed by atoms with van der Waals surface area (Å²) in [6.45, 7) is 7.49. The van der Waals surface area contributed by atoms with Gasteiger partial charge in [-0.15, -0.1) is 11.6 Å². The molecular formula is C62H79ClN12O14. The first-order valence-electron chi connectivity index (χ1n) is 29.3. The standard InChI is InChI=1S/C62H79ClN12O14/c1-36(2)55(66-23-22-65-48(76)12-10-24-74-49(77)19-20-50(74)78)58(81)70-44(11-9-21-67-61(64)84)57(80)69-42-15-13-38(14-16-42)35-88-62(85)73(7)26-25-72(6)51(79)32-40-30-45-53(54-52(60(83)86-8)37(3)68-56(40)54)41(33-63)34-75(45)59(82)47-31-39-29-43(17-18-46(39)89-47)87-28-27-71(4)5/h13-20,29-31,36,41,44,55,66,68H,9-12,21-28,32-35H2,1-8H3,(H,65,76)(H,69,80)(H,70,81)(H3,64,67,84)/t41-,44?,55+/m1/s1. The van der Waals surface area contributed by atoms with Crippen LogP contribution in [-0.2, 0) is 51.3 Å². The van der Waals surface area contributed by atoms with E-state index in [1.165, 1.54) is 36.1 Å². The molecule has 0 bridgehead atoms. The predicted molar refractivity (Wildman–Crippen MR) is 332 cm³/mol. The van der Waals surface area contributed by atoms with E-state index in [0.29, 0.717) is 74.4 Å². The average Bonchev–Trinajstić information content (AvgIpc) is 1.59. The molecule has 7 rings (SSSR count). The predicted octanol–water partition coefficient (Wildman–Crippen LogP) is 4.51. The quantitative estimate of drug-likeness (QED) is 0.0139. The number of urea groups is 1. The number of furan rings is 1. The number of hydrogen-bond donors (Lipinski definition) is 7. The lowest BCUT2D eigenvalue weighted by molar-refractivity contribution is -0.137. The number of amides is 10. The fraction of sp³-hybridized carbons (Fsp3) is 0.452. The Balaban J connectivity index is 0.923. The third-order valence-electron chi connectivity index (χ3n) is 15.3. The highest BCUT2D eigenvalue weighted by Crippen LogP contribution is 2.46. The molecule has 26 nitrogen and oxygen atoms in total. The van der Waals surface area contributed by atoms with E-state index < -0.39 is 65.6 Å². The van der Waals surface area contributed by atoms with Crippen molar-refractivity contribution >= 4 is 104 Å². The Morgan fingerprint density at radius 1 is 0.865 bits per heavy atom. The summed E-state index contributed by atoms with van der Waals surface area (Å²) in [5, 5.41) is 15.2. The number of carbonyl (C=O) groups excluding carboxylic acids is 10. The minimum absolute atomic E-state index is 0.0811. The van der Waals surface area contributed by atoms with Gasteiger partial charge in [-0.25, -0.2) is 14.4 Å². The summed E-state index contributed by atoms with van der Waals surface area (Å²) in [4.78, 5) is 141. The van der Waals surface area contributed by atoms with Crippen LogP contribution in [0.15, 0.2) is 71.2 Å². The van der Waals surface area contributed by atoms with Crippen LogP contribution in [0.2, 0.25) is 0 Å². The smallest absolute Gasteiger partial charge is 0.409 e. The third-order valence-corrected chi connectivity index (χ3v) is 15.6. The van der Waals surface area contributed by atoms with E-state index >= 15 is 0 Å². The van der Waals surface area contributed by atoms with Crippen molar-refractivity contribution in [3.05, 3.63) is 100 Å². The lowest BCUT2D eigenvalue weighted by atomic mass is 9.93. The molecule has 0 saturated carbocycles. The fourth-order valence-electron chi connectivity index (χ4n) is 10.4. The van der Waals surface area contributed by atoms with Crippen LogP contribution in [-0.4, -0.2) is 196 Å². The van der Waals surface area contributed by atoms with E-state index in [-0.39, 0.29) is 113 Å². The van der Waals surface area contributed by atoms with Gasteiger partial charge in [-0.2, -0.15) is 0 Å². The van der Waals surface area contributed by atoms with Crippen molar-refractivity contribution in [1.29, 1.82) is 0 Å². The number of alkyl halides is 1. The van der Waals surface area contributed by atoms with Crippen LogP contribution in [0, 0.1) is 12.8 Å². The Morgan fingerprint density at radius 2 is 1.58 bits per heavy atom. The lowest BCUT2D eigenvalue weighted by Gasteiger charge is -2.25. The highest BCUT2D eigenvalue weighted by molar-refractivity contribution is 6.20. The molecule has 10 amide bonds. The summed E-state index contributed by atoms with van der Waals surface area (Å²) in [6.07, 6.45) is 2.36. The van der Waals surface area contributed by atoms with Gasteiger partial charge in [-0.3, -0.25) is 38.5 Å². The number of nitrogens with two attached hydrogens (primary N) is 1. The molecule has 0 spiro atoms. The van der Waals surface area contributed by atoms with Crippen LogP contribution < -0.4 is 42.0 Å². The number of hydrogen-bond acceptors (Lipinski definition) is 16. The van der Waals surface area contributed by atoms with E-state index in [2.05, 4.69) is 31.6 Å². The largest absolute Gasteiger partial charge is 0.492 e. The normalized spacial score (nSPS) is 14.3. The molecule has 0 aliphatic carbocycles. The fourth-order valence-corrected chi connectivity index (χ4v) is 10.6. The van der Waals surface area contributed by atoms with Crippen molar-refractivity contribution in [1.82, 2.24) is 45.9 Å². The minimum atomic E-state index is -1.04. The van der Waals surface area contributed by atoms with Crippen LogP contribution >= 0.6 is 11.6 Å². The zero-order chi connectivity index (χ0) is 64.6. The number of benzene rings is 3. The number of anilines is 2. The van der Waals surface area contributed by atoms with Crippen LogP contribution in [0.3, 0.4) is 0 Å². The Kier molecular flexibility index (Phi) is 23.7. The SMILES string of the molecule is COC(=O)c1c(C)[nH]c2c(CC(=O)N(C)CCN(C)C(=O)OCc3ccc(NC(=O)C(CCCNC(N)=O)NC(=O)[C@@H](NCCNC(=O)CCCN4C(=O)C=CC4=O)C(C)C)cc3)cc3c(c12)[C@H](CCl)CN3C(=O)c1cc2cc(OCCN(C)C)ccc2o1. The number of esters is 1. The highest BCUT2D eigenvalue weighted by atomic mass is 35.5. The number of nitrogens with zero attached hydrogens (tertiary/aromatic N) is 5. The molecule has 4 heterocycles. The average molecular weight is 1250 g/mol. The van der Waals surface area contributed by atoms with Gasteiger partial charge in [-0.1, -0.05) is 26.0 Å². The molecule has 0 saturated heterocycles. The highest BCUT2D eigenvalue weighted by Gasteiger charge is 2.39. The Labute approximate surface area is 520 Å². The molecule has 3 aromatic carbocycles. The maximum absolute atomic E-state index is 14.5. The van der Waals surface area contributed by atoms with E-state index in [1.807, 2.05) is 38.9 Å². The second-order valence-electron chi connectivity index (χ2n) is 22.5. The summed E-state index contributed by atoms with van der Waals surface area (Å²) < 4.78 is 22.8. The number of rotatable bonds is 31. The number of aromatic amines is 1. The van der Waals surface area contributed by atoms with E-state index in [1.54, 1.807) is 67.4 Å². The van der Waals surface area contributed by atoms with E-state index in [9.17, 15) is 47.9 Å². The van der Waals surface area contributed by atoms with Gasteiger partial charge in [0.05, 0.1) is 30.7 Å². The number of imide groups is 1. The van der Waals surface area contributed by atoms with E-state index in [4.69, 9.17) is 36.0 Å². The molecule has 2 aliphatic rings. The first-order valence-corrected chi connectivity index (χ1v) is 29.9. The zero-order valence-electron chi connectivity index (χ0n) is 51.4. The number of methoxy groups -OCH3 is 1. The van der Waals surface area contributed by atoms with Crippen LogP contribution in [0.5, 0.6) is 5.75 Å². The van der Waals surface area contributed by atoms with Crippen molar-refractivity contribution < 1.29 is 66.6 Å². The number of halogens is 1. The molecule has 27 heteroatoms. The van der Waals surface area contributed by atoms with Crippen molar-refractivity contribution in [3.8, 4) is 5.75 Å². The summed E-state index contributed by atoms with van der Waals surface area (Å²) in [5.74, 6) is -3.28. The van der Waals surface area contributed by atoms with Crippen LogP contribution in [0.25, 0.3) is 21.9 Å². The molecule has 8 N–H and O–H groups in total. The second-order valence-corrected chi connectivity index (χ2v) is 22.8. The van der Waals surface area contributed by atoms with Crippen LogP contribution in [0.1, 0.15) is 88.7 Å². The van der Waals surface area contributed by atoms with Crippen molar-refractivity contribution in [2.24, 2.45) is 11.7 Å². The molecule has 0 fully saturated rings. The van der Waals surface area contributed by atoms with Gasteiger partial charge in [0.2, 0.25) is 23.6 Å². The molecule has 3 atom stereocenters. The zero-order valence-corrected chi connectivity index (χ0v) is 52.1. The summed E-state index contributed by atoms with van der Waals surface area (Å²) in [6, 6.07) is 12.8. The third kappa shape index (κ3) is 17.6. The van der Waals surface area contributed by atoms with Gasteiger partial charge < -0.3 is 75.5 Å². The maximum atomic E-state index is 14.5. The number of primary amides is 1. The lowest BCUT2D eigenvalue weighted by Crippen LogP contribution is -2.54. The molecular weight excluding hydrogens is 1170 g/mol. The Morgan fingerprint density at radius 3 is 2.26 bits per heavy atom. The second kappa shape index (κ2) is 31.3. The van der Waals surface area contributed by atoms with Gasteiger partial charge in [-0.05, 0) is 105 Å². The van der Waals surface area contributed by atoms with Gasteiger partial charge in [0.25, 0.3) is 17.7 Å². The number of likely N-dealkylation sites (N-methyl/N-ethyl adjacent to an activating group) is 3. The van der Waals surface area contributed by atoms with E-state index in [0.717, 1.165) is 11.4 Å². The first-order chi connectivity index (χ1) is 42.5. The number of nitrogens with one attached hydrogen (secondary N) is 6. The van der Waals surface area contributed by atoms with Gasteiger partial charge in [0, 0.05) is 125 Å². The summed E-state index contributed by atoms with van der Waals surface area (Å²) >= 11 is 6.63. The van der Waals surface area contributed by atoms with Gasteiger partial charge >= 0.3 is 18.1 Å². The Bertz CT molecular complexity index is 3450. The molecule has 89 heavy (non-hydrogen) atoms. The molecule has 2 aliphatic heterocycles. The van der Waals surface area contributed by atoms with Crippen molar-refractivity contribution in [2.75, 3.05) is 110 Å². The maximum Gasteiger partial charge on any atom is 0.409 e. The minimum Gasteiger partial charge on any atom is -0.492 e. The summed E-state index contributed by atoms with van der Waals surface area (Å²) in [7, 11) is 8.33. The number of H-pyrrole nitrogens is 1. The molecule has 5 aromatic rings.